The number of thiophene rings is 1. The molecule has 0 saturated carbocycles. The largest absolute Gasteiger partial charge is 0.351 e. The Labute approximate surface area is 122 Å². The monoisotopic (exact) mass is 342 g/mol. The smallest absolute Gasteiger partial charge is 0.192 e. The van der Waals surface area contributed by atoms with Gasteiger partial charge in [0.2, 0.25) is 0 Å². The molecule has 1 saturated heterocycles. The van der Waals surface area contributed by atoms with Gasteiger partial charge in [0.05, 0.1) is 8.66 Å². The molecule has 0 aromatic carbocycles. The Bertz CT molecular complexity index is 597. The topological polar surface area (TPSA) is 41.0 Å². The highest BCUT2D eigenvalue weighted by Gasteiger charge is 2.29. The van der Waals surface area contributed by atoms with E-state index in [-0.39, 0.29) is 5.82 Å². The molecule has 1 fully saturated rings. The summed E-state index contributed by atoms with van der Waals surface area (Å²) in [6, 6.07) is 4.16. The number of rotatable bonds is 3. The molecular weight excluding hydrogens is 331 g/mol. The molecule has 1 aliphatic rings. The average molecular weight is 343 g/mol. The van der Waals surface area contributed by atoms with E-state index in [4.69, 9.17) is 0 Å². The third kappa shape index (κ3) is 2.37. The molecule has 1 N–H and O–H groups in total. The summed E-state index contributed by atoms with van der Waals surface area (Å²) in [5.74, 6) is 0.0485. The Morgan fingerprint density at radius 2 is 2.21 bits per heavy atom. The van der Waals surface area contributed by atoms with Crippen molar-refractivity contribution in [2.45, 2.75) is 6.04 Å². The first-order chi connectivity index (χ1) is 9.19. The SMILES string of the molecule is CNC1CN(c2ncnc(-c3ccc(Br)s3)c2F)C1. The van der Waals surface area contributed by atoms with Crippen LogP contribution in [-0.2, 0) is 0 Å². The van der Waals surface area contributed by atoms with E-state index in [9.17, 15) is 4.39 Å². The summed E-state index contributed by atoms with van der Waals surface area (Å²) in [5.41, 5.74) is 0.369. The summed E-state index contributed by atoms with van der Waals surface area (Å²) in [5, 5.41) is 3.16. The van der Waals surface area contributed by atoms with Crippen LogP contribution in [0.25, 0.3) is 10.6 Å². The average Bonchev–Trinajstić information content (AvgIpc) is 2.76. The maximum atomic E-state index is 14.5. The van der Waals surface area contributed by atoms with E-state index in [1.54, 1.807) is 0 Å². The fourth-order valence-corrected chi connectivity index (χ4v) is 3.41. The predicted molar refractivity (Wildman–Crippen MR) is 78.1 cm³/mol. The number of aromatic nitrogens is 2. The van der Waals surface area contributed by atoms with Gasteiger partial charge in [0.1, 0.15) is 12.0 Å². The quantitative estimate of drug-likeness (QED) is 0.930. The number of halogens is 2. The number of hydrogen-bond donors (Lipinski definition) is 1. The number of nitrogens with zero attached hydrogens (tertiary/aromatic N) is 3. The summed E-state index contributed by atoms with van der Waals surface area (Å²) in [7, 11) is 1.91. The van der Waals surface area contributed by atoms with Gasteiger partial charge in [0.15, 0.2) is 11.6 Å². The van der Waals surface area contributed by atoms with Crippen molar-refractivity contribution in [2.24, 2.45) is 0 Å². The first-order valence-electron chi connectivity index (χ1n) is 5.87. The van der Waals surface area contributed by atoms with E-state index in [2.05, 4.69) is 31.2 Å². The molecule has 0 amide bonds. The maximum Gasteiger partial charge on any atom is 0.192 e. The van der Waals surface area contributed by atoms with Crippen LogP contribution in [0, 0.1) is 5.82 Å². The minimum atomic E-state index is -0.341. The van der Waals surface area contributed by atoms with Gasteiger partial charge >= 0.3 is 0 Å². The summed E-state index contributed by atoms with van der Waals surface area (Å²) in [4.78, 5) is 10.9. The third-order valence-corrected chi connectivity index (χ3v) is 4.80. The zero-order valence-electron chi connectivity index (χ0n) is 10.2. The number of hydrogen-bond acceptors (Lipinski definition) is 5. The summed E-state index contributed by atoms with van der Waals surface area (Å²) < 4.78 is 15.4. The maximum absolute atomic E-state index is 14.5. The lowest BCUT2D eigenvalue weighted by Gasteiger charge is -2.39. The molecule has 0 unspecified atom stereocenters. The van der Waals surface area contributed by atoms with E-state index >= 15 is 0 Å². The zero-order valence-corrected chi connectivity index (χ0v) is 12.6. The molecule has 100 valence electrons. The second kappa shape index (κ2) is 5.15. The highest BCUT2D eigenvalue weighted by atomic mass is 79.9. The Kier molecular flexibility index (Phi) is 3.51. The van der Waals surface area contributed by atoms with Gasteiger partial charge in [-0.3, -0.25) is 0 Å². The third-order valence-electron chi connectivity index (χ3n) is 3.17. The van der Waals surface area contributed by atoms with Crippen LogP contribution in [0.1, 0.15) is 0 Å². The standard InChI is InChI=1S/C12H12BrFN4S/c1-15-7-4-18(5-7)12-10(14)11(16-6-17-12)8-2-3-9(13)19-8/h2-3,6-7,15H,4-5H2,1H3. The highest BCUT2D eigenvalue weighted by molar-refractivity contribution is 9.11. The van der Waals surface area contributed by atoms with Gasteiger partial charge in [-0.25, -0.2) is 14.4 Å². The molecule has 7 heteroatoms. The van der Waals surface area contributed by atoms with E-state index in [0.717, 1.165) is 21.8 Å². The van der Waals surface area contributed by atoms with Gasteiger partial charge in [-0.1, -0.05) is 0 Å². The van der Waals surface area contributed by atoms with Gasteiger partial charge in [-0.05, 0) is 35.1 Å². The molecule has 0 spiro atoms. The molecule has 0 radical (unpaired) electrons. The van der Waals surface area contributed by atoms with Gasteiger partial charge in [0, 0.05) is 19.1 Å². The first-order valence-corrected chi connectivity index (χ1v) is 7.48. The summed E-state index contributed by atoms with van der Waals surface area (Å²) in [6.45, 7) is 1.55. The van der Waals surface area contributed by atoms with Crippen LogP contribution in [0.4, 0.5) is 10.2 Å². The molecule has 2 aromatic rings. The fourth-order valence-electron chi connectivity index (χ4n) is 2.03. The van der Waals surface area contributed by atoms with Crippen molar-refractivity contribution < 1.29 is 4.39 Å². The van der Waals surface area contributed by atoms with Crippen molar-refractivity contribution in [3.63, 3.8) is 0 Å². The van der Waals surface area contributed by atoms with Crippen LogP contribution in [0.5, 0.6) is 0 Å². The molecule has 19 heavy (non-hydrogen) atoms. The van der Waals surface area contributed by atoms with Crippen LogP contribution in [0.15, 0.2) is 22.2 Å². The Morgan fingerprint density at radius 3 is 2.84 bits per heavy atom. The van der Waals surface area contributed by atoms with Crippen molar-refractivity contribution >= 4 is 33.1 Å². The Hall–Kier alpha value is -1.05. The normalized spacial score (nSPS) is 15.6. The van der Waals surface area contributed by atoms with Crippen molar-refractivity contribution in [3.8, 4) is 10.6 Å². The first kappa shape index (κ1) is 13.0. The summed E-state index contributed by atoms with van der Waals surface area (Å²) in [6.07, 6.45) is 1.42. The summed E-state index contributed by atoms with van der Waals surface area (Å²) >= 11 is 4.84. The van der Waals surface area contributed by atoms with Gasteiger partial charge in [-0.15, -0.1) is 11.3 Å². The van der Waals surface area contributed by atoms with Gasteiger partial charge in [0.25, 0.3) is 0 Å². The predicted octanol–water partition coefficient (Wildman–Crippen LogP) is 2.51. The molecule has 1 aliphatic heterocycles. The molecule has 0 atom stereocenters. The second-order valence-corrected chi connectivity index (χ2v) is 6.82. The molecule has 0 aliphatic carbocycles. The van der Waals surface area contributed by atoms with Crippen LogP contribution in [0.2, 0.25) is 0 Å². The Morgan fingerprint density at radius 1 is 1.42 bits per heavy atom. The van der Waals surface area contributed by atoms with E-state index < -0.39 is 0 Å². The minimum absolute atomic E-state index is 0.341. The second-order valence-electron chi connectivity index (χ2n) is 4.35. The lowest BCUT2D eigenvalue weighted by Crippen LogP contribution is -2.57. The van der Waals surface area contributed by atoms with Crippen molar-refractivity contribution in [1.29, 1.82) is 0 Å². The van der Waals surface area contributed by atoms with Crippen molar-refractivity contribution in [1.82, 2.24) is 15.3 Å². The molecule has 4 nitrogen and oxygen atoms in total. The van der Waals surface area contributed by atoms with Crippen LogP contribution < -0.4 is 10.2 Å². The van der Waals surface area contributed by atoms with E-state index in [1.807, 2.05) is 24.1 Å². The molecule has 2 aromatic heterocycles. The lowest BCUT2D eigenvalue weighted by molar-refractivity contribution is 0.438. The van der Waals surface area contributed by atoms with Crippen LogP contribution >= 0.6 is 27.3 Å². The van der Waals surface area contributed by atoms with Gasteiger partial charge in [-0.2, -0.15) is 0 Å². The molecule has 3 rings (SSSR count). The fraction of sp³-hybridized carbons (Fsp3) is 0.333. The van der Waals surface area contributed by atoms with Crippen LogP contribution in [0.3, 0.4) is 0 Å². The minimum Gasteiger partial charge on any atom is -0.351 e. The van der Waals surface area contributed by atoms with Gasteiger partial charge < -0.3 is 10.2 Å². The number of anilines is 1. The highest BCUT2D eigenvalue weighted by Crippen LogP contribution is 2.34. The van der Waals surface area contributed by atoms with E-state index in [0.29, 0.717) is 17.6 Å². The molecular formula is C12H12BrFN4S. The molecule has 3 heterocycles. The van der Waals surface area contributed by atoms with Crippen molar-refractivity contribution in [2.75, 3.05) is 25.0 Å². The van der Waals surface area contributed by atoms with Crippen molar-refractivity contribution in [3.05, 3.63) is 28.1 Å². The molecule has 0 bridgehead atoms. The lowest BCUT2D eigenvalue weighted by atomic mass is 10.1. The van der Waals surface area contributed by atoms with Crippen LogP contribution in [-0.4, -0.2) is 36.1 Å². The number of nitrogens with one attached hydrogen (secondary N) is 1. The zero-order chi connectivity index (χ0) is 13.4. The Balaban J connectivity index is 1.91. The number of likely N-dealkylation sites (N-methyl/N-ethyl adjacent to an activating group) is 1. The van der Waals surface area contributed by atoms with E-state index in [1.165, 1.54) is 17.7 Å².